The number of esters is 4. The Morgan fingerprint density at radius 1 is 0.472 bits per heavy atom. The highest BCUT2D eigenvalue weighted by molar-refractivity contribution is 6.33. The number of carbonyl (C=O) groups excluding carboxylic acids is 4. The molecule has 0 atom stereocenters. The van der Waals surface area contributed by atoms with Gasteiger partial charge in [0.1, 0.15) is 18.0 Å². The van der Waals surface area contributed by atoms with E-state index in [9.17, 15) is 54.8 Å². The highest BCUT2D eigenvalue weighted by Crippen LogP contribution is 2.38. The molecule has 17 aromatic rings. The van der Waals surface area contributed by atoms with Crippen molar-refractivity contribution in [2.24, 2.45) is 0 Å². The van der Waals surface area contributed by atoms with Crippen LogP contribution in [0.25, 0.3) is 87.2 Å². The minimum atomic E-state index is -0.659. The number of nitriles is 1. The number of hydrogen-bond acceptors (Lipinski definition) is 21. The lowest BCUT2D eigenvalue weighted by Gasteiger charge is -2.13. The number of ether oxygens (including phenoxy) is 5. The van der Waals surface area contributed by atoms with Crippen LogP contribution in [0.2, 0.25) is 10.0 Å². The molecule has 8 aromatic carbocycles. The van der Waals surface area contributed by atoms with E-state index < -0.39 is 33.7 Å². The maximum atomic E-state index is 12.8. The first-order valence-corrected chi connectivity index (χ1v) is 39.5. The smallest absolute Gasteiger partial charge is 0.357 e. The van der Waals surface area contributed by atoms with Gasteiger partial charge in [0.15, 0.2) is 5.69 Å². The third kappa shape index (κ3) is 18.2. The van der Waals surface area contributed by atoms with E-state index in [0.29, 0.717) is 81.0 Å². The summed E-state index contributed by atoms with van der Waals surface area (Å²) in [6, 6.07) is 64.4. The fraction of sp³-hybridized carbons (Fsp3) is 0.161. The predicted octanol–water partition coefficient (Wildman–Crippen LogP) is 20.0. The van der Waals surface area contributed by atoms with E-state index in [1.54, 1.807) is 108 Å². The molecule has 9 heterocycles. The van der Waals surface area contributed by atoms with Crippen LogP contribution in [0.3, 0.4) is 0 Å². The number of aromatic nitrogens is 9. The van der Waals surface area contributed by atoms with Gasteiger partial charge in [-0.2, -0.15) is 5.26 Å². The summed E-state index contributed by atoms with van der Waals surface area (Å²) in [5, 5.41) is 52.2. The van der Waals surface area contributed by atoms with Crippen LogP contribution in [0.1, 0.15) is 114 Å². The third-order valence-electron chi connectivity index (χ3n) is 20.3. The summed E-state index contributed by atoms with van der Waals surface area (Å²) in [5.41, 5.74) is 13.2. The van der Waals surface area contributed by atoms with Crippen molar-refractivity contribution in [1.82, 2.24) is 43.2 Å². The zero-order valence-corrected chi connectivity index (χ0v) is 68.5. The molecule has 0 N–H and O–H groups in total. The van der Waals surface area contributed by atoms with Gasteiger partial charge in [-0.1, -0.05) is 126 Å². The Bertz CT molecular complexity index is 7030. The number of benzene rings is 8. The van der Waals surface area contributed by atoms with Crippen LogP contribution in [0.4, 0.5) is 17.1 Å². The van der Waals surface area contributed by atoms with Crippen molar-refractivity contribution < 1.29 is 57.6 Å². The molecule has 0 aliphatic carbocycles. The van der Waals surface area contributed by atoms with E-state index in [1.165, 1.54) is 31.6 Å². The Hall–Kier alpha value is -15.2. The second-order valence-corrected chi connectivity index (χ2v) is 29.4. The van der Waals surface area contributed by atoms with Crippen molar-refractivity contribution >= 4 is 151 Å². The van der Waals surface area contributed by atoms with E-state index >= 15 is 0 Å². The number of nitro benzene ring substituents is 3. The standard InChI is InChI=1S/C25H17Cl2N3O2.C24H22N4O7.C22H19N3O4.C22H17N3O2/c26-18-7-8-22(27)17(10-18)14-30-23-6-2-1-5-20(23)21-11-19(29-13-24(21)30)15-32-25(31)16-4-3-9-28-12-16;1-14(2)35-24(29)23-19(13-34-3)22-18-6-4-5-7-20(18)26(21(22)11-25-23)12-15-8-16(27(30)31)10-17(9-15)28(32)33;1-3-29-22(26)18-11-17-16-6-4-5-7-19(16)24(21(17)12-23-18)13-15-9-8-14(2)20(10-15)25(27)28;1-2-27-22(26)19-11-18-17-9-5-6-10-20(17)25(21(18)13-24-19)14-16-8-4-3-7-15(16)12-23/h1-13H,14-15H2;4-11,14H,12-13H2,1-3H3;4-12H,3,13H2,1-2H3;3-11,13H,2,14H2,1H3. The molecule has 0 fully saturated rings. The summed E-state index contributed by atoms with van der Waals surface area (Å²) in [6.07, 6.45) is 9.46. The van der Waals surface area contributed by atoms with Crippen molar-refractivity contribution in [1.29, 1.82) is 5.26 Å². The van der Waals surface area contributed by atoms with Crippen molar-refractivity contribution in [2.45, 2.75) is 80.1 Å². The zero-order valence-electron chi connectivity index (χ0n) is 67.0. The fourth-order valence-electron chi connectivity index (χ4n) is 14.9. The first-order valence-electron chi connectivity index (χ1n) is 38.7. The van der Waals surface area contributed by atoms with Gasteiger partial charge in [0.25, 0.3) is 17.1 Å². The van der Waals surface area contributed by atoms with Crippen LogP contribution in [0, 0.1) is 48.6 Å². The molecular weight excluding hydrogens is 1610 g/mol. The number of nitrogens with zero attached hydrogens (tertiary/aromatic N) is 13. The van der Waals surface area contributed by atoms with Crippen LogP contribution in [0.5, 0.6) is 0 Å². The molecule has 28 nitrogen and oxygen atoms in total. The lowest BCUT2D eigenvalue weighted by molar-refractivity contribution is -0.394. The van der Waals surface area contributed by atoms with Crippen LogP contribution in [-0.4, -0.2) is 108 Å². The highest BCUT2D eigenvalue weighted by Gasteiger charge is 2.27. The lowest BCUT2D eigenvalue weighted by atomic mass is 10.1. The number of methoxy groups -OCH3 is 1. The normalized spacial score (nSPS) is 11.1. The minimum Gasteiger partial charge on any atom is -0.461 e. The van der Waals surface area contributed by atoms with Gasteiger partial charge in [-0.15, -0.1) is 0 Å². The van der Waals surface area contributed by atoms with E-state index in [-0.39, 0.29) is 65.8 Å². The van der Waals surface area contributed by atoms with Gasteiger partial charge in [-0.25, -0.2) is 34.1 Å². The number of rotatable bonds is 22. The van der Waals surface area contributed by atoms with Crippen molar-refractivity contribution in [3.8, 4) is 6.07 Å². The maximum absolute atomic E-state index is 12.8. The van der Waals surface area contributed by atoms with E-state index in [0.717, 1.165) is 104 Å². The molecule has 0 spiro atoms. The molecule has 0 bridgehead atoms. The van der Waals surface area contributed by atoms with Crippen LogP contribution < -0.4 is 0 Å². The van der Waals surface area contributed by atoms with Crippen molar-refractivity contribution in [3.05, 3.63) is 351 Å². The number of para-hydroxylation sites is 4. The second kappa shape index (κ2) is 37.4. The number of fused-ring (bicyclic) bond motifs is 12. The number of carbonyl (C=O) groups is 4. The summed E-state index contributed by atoms with van der Waals surface area (Å²) in [5.74, 6) is -1.88. The van der Waals surface area contributed by atoms with Gasteiger partial charge in [0.05, 0.1) is 117 Å². The summed E-state index contributed by atoms with van der Waals surface area (Å²) >= 11 is 12.6. The minimum absolute atomic E-state index is 0.0727. The Morgan fingerprint density at radius 3 is 1.53 bits per heavy atom. The number of nitro groups is 3. The van der Waals surface area contributed by atoms with Crippen molar-refractivity contribution in [3.63, 3.8) is 0 Å². The first kappa shape index (κ1) is 84.3. The van der Waals surface area contributed by atoms with Gasteiger partial charge >= 0.3 is 23.9 Å². The van der Waals surface area contributed by atoms with E-state index in [4.69, 9.17) is 46.9 Å². The molecule has 0 saturated heterocycles. The summed E-state index contributed by atoms with van der Waals surface area (Å²) in [7, 11) is 1.51. The largest absolute Gasteiger partial charge is 0.461 e. The third-order valence-corrected chi connectivity index (χ3v) is 20.9. The Morgan fingerprint density at radius 2 is 0.984 bits per heavy atom. The van der Waals surface area contributed by atoms with Gasteiger partial charge < -0.3 is 42.0 Å². The van der Waals surface area contributed by atoms with E-state index in [1.807, 2.05) is 132 Å². The molecule has 0 radical (unpaired) electrons. The monoisotopic (exact) mass is 1680 g/mol. The predicted molar refractivity (Wildman–Crippen MR) is 467 cm³/mol. The summed E-state index contributed by atoms with van der Waals surface area (Å²) in [6.45, 7) is 11.2. The molecular formula is C93H75Cl2N13O15. The topological polar surface area (TPSA) is 352 Å². The fourth-order valence-corrected chi connectivity index (χ4v) is 15.2. The molecule has 0 unspecified atom stereocenters. The average Bonchev–Trinajstić information content (AvgIpc) is 1.60. The molecule has 0 saturated carbocycles. The molecule has 616 valence electrons. The molecule has 9 aromatic heterocycles. The Kier molecular flexibility index (Phi) is 25.6. The van der Waals surface area contributed by atoms with Gasteiger partial charge in [-0.05, 0) is 136 Å². The molecule has 123 heavy (non-hydrogen) atoms. The van der Waals surface area contributed by atoms with E-state index in [2.05, 4.69) is 56.8 Å². The Balaban J connectivity index is 0.000000134. The molecule has 0 aliphatic rings. The summed E-state index contributed by atoms with van der Waals surface area (Å²) in [4.78, 5) is 103. The van der Waals surface area contributed by atoms with Crippen LogP contribution in [0.15, 0.2) is 243 Å². The number of pyridine rings is 5. The lowest BCUT2D eigenvalue weighted by Crippen LogP contribution is -2.16. The number of non-ortho nitro benzene ring substituents is 2. The van der Waals surface area contributed by atoms with Gasteiger partial charge in [-0.3, -0.25) is 40.3 Å². The molecule has 0 amide bonds. The molecule has 0 aliphatic heterocycles. The van der Waals surface area contributed by atoms with Crippen LogP contribution in [-0.2, 0) is 63.1 Å². The molecule has 30 heteroatoms. The number of hydrogen-bond donors (Lipinski definition) is 0. The zero-order chi connectivity index (χ0) is 86.7. The first-order chi connectivity index (χ1) is 59.5. The Labute approximate surface area is 711 Å². The molecule has 17 rings (SSSR count). The van der Waals surface area contributed by atoms with Gasteiger partial charge in [0.2, 0.25) is 0 Å². The van der Waals surface area contributed by atoms with Crippen molar-refractivity contribution in [2.75, 3.05) is 20.3 Å². The average molecular weight is 1690 g/mol. The van der Waals surface area contributed by atoms with Gasteiger partial charge in [0, 0.05) is 150 Å². The number of halogens is 2. The van der Waals surface area contributed by atoms with Crippen LogP contribution >= 0.6 is 23.2 Å². The summed E-state index contributed by atoms with van der Waals surface area (Å²) < 4.78 is 34.5. The number of aryl methyl sites for hydroxylation is 1. The highest BCUT2D eigenvalue weighted by atomic mass is 35.5. The maximum Gasteiger partial charge on any atom is 0.357 e. The second-order valence-electron chi connectivity index (χ2n) is 28.5. The SMILES string of the molecule is CCOC(=O)c1cc2c3ccccc3n(Cc3ccc(C)c([N+](=O)[O-])c3)c2cn1.CCOC(=O)c1cc2c3ccccc3n(Cc3ccccc3C#N)c2cn1.COCc1c(C(=O)OC(C)C)ncc2c1c1ccccc1n2Cc1cc([N+](=O)[O-])cc([N+](=O)[O-])c1.O=C(OCc1cc2c3ccccc3n(Cc3cc(Cl)ccc3Cl)c2cn1)c1cccnc1. The quantitative estimate of drug-likeness (QED) is 0.0263.